The van der Waals surface area contributed by atoms with Crippen LogP contribution in [0.1, 0.15) is 33.1 Å². The molecule has 2 N–H and O–H groups in total. The van der Waals surface area contributed by atoms with Gasteiger partial charge in [0, 0.05) is 24.7 Å². The third kappa shape index (κ3) is 1.27. The van der Waals surface area contributed by atoms with Crippen LogP contribution in [0.25, 0.3) is 0 Å². The smallest absolute Gasteiger partial charge is 0.0102 e. The molecule has 2 nitrogen and oxygen atoms in total. The first kappa shape index (κ1) is 8.52. The molecule has 1 heterocycles. The van der Waals surface area contributed by atoms with E-state index in [9.17, 15) is 0 Å². The highest BCUT2D eigenvalue weighted by Gasteiger charge is 2.39. The van der Waals surface area contributed by atoms with E-state index in [-0.39, 0.29) is 0 Å². The minimum atomic E-state index is 0.491. The van der Waals surface area contributed by atoms with E-state index in [1.54, 1.807) is 0 Å². The van der Waals surface area contributed by atoms with Crippen LogP contribution in [-0.4, -0.2) is 29.6 Å². The van der Waals surface area contributed by atoms with Crippen LogP contribution in [0, 0.1) is 5.92 Å². The molecule has 2 bridgehead atoms. The van der Waals surface area contributed by atoms with Gasteiger partial charge in [0.1, 0.15) is 0 Å². The molecule has 2 aliphatic rings. The molecular weight excluding hydrogens is 148 g/mol. The first-order valence-electron chi connectivity index (χ1n) is 5.20. The first-order chi connectivity index (χ1) is 5.68. The maximum absolute atomic E-state index is 6.05. The third-order valence-corrected chi connectivity index (χ3v) is 3.59. The van der Waals surface area contributed by atoms with Crippen molar-refractivity contribution >= 4 is 0 Å². The molecule has 2 fully saturated rings. The second-order valence-corrected chi connectivity index (χ2v) is 4.68. The van der Waals surface area contributed by atoms with Crippen molar-refractivity contribution in [3.05, 3.63) is 0 Å². The number of hydrogen-bond acceptors (Lipinski definition) is 2. The van der Waals surface area contributed by atoms with Gasteiger partial charge in [-0.05, 0) is 39.0 Å². The fourth-order valence-electron chi connectivity index (χ4n) is 2.83. The summed E-state index contributed by atoms with van der Waals surface area (Å²) < 4.78 is 0. The Morgan fingerprint density at radius 1 is 1.33 bits per heavy atom. The summed E-state index contributed by atoms with van der Waals surface area (Å²) in [7, 11) is 0. The Hall–Kier alpha value is -0.0800. The molecule has 2 heteroatoms. The van der Waals surface area contributed by atoms with Gasteiger partial charge in [-0.2, -0.15) is 0 Å². The highest BCUT2D eigenvalue weighted by molar-refractivity contribution is 4.96. The van der Waals surface area contributed by atoms with E-state index in [1.807, 2.05) is 0 Å². The zero-order valence-corrected chi connectivity index (χ0v) is 8.16. The minimum Gasteiger partial charge on any atom is -0.327 e. The second-order valence-electron chi connectivity index (χ2n) is 4.68. The van der Waals surface area contributed by atoms with Crippen LogP contribution in [0.15, 0.2) is 0 Å². The third-order valence-electron chi connectivity index (χ3n) is 3.59. The number of nitrogens with zero attached hydrogens (tertiary/aromatic N) is 1. The topological polar surface area (TPSA) is 29.3 Å². The van der Waals surface area contributed by atoms with E-state index in [1.165, 1.54) is 25.8 Å². The lowest BCUT2D eigenvalue weighted by Gasteiger charge is -2.28. The molecule has 0 aromatic rings. The van der Waals surface area contributed by atoms with Gasteiger partial charge in [-0.3, -0.25) is 4.90 Å². The van der Waals surface area contributed by atoms with Crippen molar-refractivity contribution in [2.24, 2.45) is 11.7 Å². The van der Waals surface area contributed by atoms with Gasteiger partial charge in [0.25, 0.3) is 0 Å². The molecule has 70 valence electrons. The highest BCUT2D eigenvalue weighted by atomic mass is 15.2. The van der Waals surface area contributed by atoms with Gasteiger partial charge >= 0.3 is 0 Å². The molecule has 2 rings (SSSR count). The standard InChI is InChI=1S/C10H20N2/c1-7(2)12-6-8-5-9(12)3-4-10(8)11/h7-10H,3-6,11H2,1-2H3. The van der Waals surface area contributed by atoms with Crippen molar-refractivity contribution in [3.63, 3.8) is 0 Å². The molecule has 0 spiro atoms. The number of rotatable bonds is 1. The Bertz CT molecular complexity index is 167. The van der Waals surface area contributed by atoms with Crippen molar-refractivity contribution in [3.8, 4) is 0 Å². The Labute approximate surface area is 75.1 Å². The summed E-state index contributed by atoms with van der Waals surface area (Å²) in [6.07, 6.45) is 3.94. The Morgan fingerprint density at radius 2 is 2.08 bits per heavy atom. The number of likely N-dealkylation sites (tertiary alicyclic amines) is 1. The molecule has 3 unspecified atom stereocenters. The summed E-state index contributed by atoms with van der Waals surface area (Å²) in [4.78, 5) is 2.64. The molecule has 0 radical (unpaired) electrons. The first-order valence-corrected chi connectivity index (χ1v) is 5.20. The van der Waals surface area contributed by atoms with Crippen molar-refractivity contribution < 1.29 is 0 Å². The predicted octanol–water partition coefficient (Wildman–Crippen LogP) is 1.21. The van der Waals surface area contributed by atoms with Crippen LogP contribution in [-0.2, 0) is 0 Å². The fraction of sp³-hybridized carbons (Fsp3) is 1.00. The van der Waals surface area contributed by atoms with Crippen LogP contribution < -0.4 is 5.73 Å². The lowest BCUT2D eigenvalue weighted by atomic mass is 9.86. The molecule has 0 amide bonds. The van der Waals surface area contributed by atoms with Crippen LogP contribution in [0.5, 0.6) is 0 Å². The Balaban J connectivity index is 2.05. The normalized spacial score (nSPS) is 42.5. The molecule has 1 saturated heterocycles. The lowest BCUT2D eigenvalue weighted by Crippen LogP contribution is -2.35. The van der Waals surface area contributed by atoms with Gasteiger partial charge in [0.05, 0.1) is 0 Å². The highest BCUT2D eigenvalue weighted by Crippen LogP contribution is 2.35. The van der Waals surface area contributed by atoms with Crippen molar-refractivity contribution in [1.82, 2.24) is 4.90 Å². The summed E-state index contributed by atoms with van der Waals surface area (Å²) in [5, 5.41) is 0. The average molecular weight is 168 g/mol. The molecule has 0 aromatic heterocycles. The maximum atomic E-state index is 6.05. The van der Waals surface area contributed by atoms with Gasteiger partial charge in [-0.1, -0.05) is 0 Å². The fourth-order valence-corrected chi connectivity index (χ4v) is 2.83. The second kappa shape index (κ2) is 3.00. The lowest BCUT2D eigenvalue weighted by molar-refractivity contribution is 0.197. The molecule has 1 aliphatic carbocycles. The number of nitrogens with two attached hydrogens (primary N) is 1. The van der Waals surface area contributed by atoms with E-state index < -0.39 is 0 Å². The molecular formula is C10H20N2. The van der Waals surface area contributed by atoms with Crippen molar-refractivity contribution in [2.75, 3.05) is 6.54 Å². The van der Waals surface area contributed by atoms with Gasteiger partial charge < -0.3 is 5.73 Å². The summed E-state index contributed by atoms with van der Waals surface area (Å²) in [5.74, 6) is 0.797. The molecule has 1 aliphatic heterocycles. The Morgan fingerprint density at radius 3 is 2.67 bits per heavy atom. The molecule has 1 saturated carbocycles. The average Bonchev–Trinajstić information content (AvgIpc) is 2.37. The SMILES string of the molecule is CC(C)N1CC2CC1CCC2N. The van der Waals surface area contributed by atoms with E-state index in [4.69, 9.17) is 5.73 Å². The zero-order chi connectivity index (χ0) is 8.72. The summed E-state index contributed by atoms with van der Waals surface area (Å²) in [5.41, 5.74) is 6.05. The largest absolute Gasteiger partial charge is 0.327 e. The molecule has 12 heavy (non-hydrogen) atoms. The zero-order valence-electron chi connectivity index (χ0n) is 8.16. The van der Waals surface area contributed by atoms with Crippen LogP contribution in [0.2, 0.25) is 0 Å². The van der Waals surface area contributed by atoms with Gasteiger partial charge in [0.15, 0.2) is 0 Å². The van der Waals surface area contributed by atoms with E-state index in [2.05, 4.69) is 18.7 Å². The van der Waals surface area contributed by atoms with Crippen LogP contribution in [0.3, 0.4) is 0 Å². The Kier molecular flexibility index (Phi) is 2.13. The van der Waals surface area contributed by atoms with E-state index >= 15 is 0 Å². The molecule has 0 aromatic carbocycles. The summed E-state index contributed by atoms with van der Waals surface area (Å²) >= 11 is 0. The van der Waals surface area contributed by atoms with Crippen LogP contribution >= 0.6 is 0 Å². The van der Waals surface area contributed by atoms with Crippen molar-refractivity contribution in [1.29, 1.82) is 0 Å². The van der Waals surface area contributed by atoms with Gasteiger partial charge in [0.2, 0.25) is 0 Å². The molecule has 3 atom stereocenters. The maximum Gasteiger partial charge on any atom is 0.0102 e. The summed E-state index contributed by atoms with van der Waals surface area (Å²) in [6.45, 7) is 5.85. The number of hydrogen-bond donors (Lipinski definition) is 1. The number of fused-ring (bicyclic) bond motifs is 2. The van der Waals surface area contributed by atoms with Gasteiger partial charge in [-0.15, -0.1) is 0 Å². The van der Waals surface area contributed by atoms with Crippen LogP contribution in [0.4, 0.5) is 0 Å². The van der Waals surface area contributed by atoms with Gasteiger partial charge in [-0.25, -0.2) is 0 Å². The summed E-state index contributed by atoms with van der Waals surface area (Å²) in [6, 6.07) is 2.06. The quantitative estimate of drug-likeness (QED) is 0.637. The van der Waals surface area contributed by atoms with E-state index in [0.717, 1.165) is 12.0 Å². The minimum absolute atomic E-state index is 0.491. The van der Waals surface area contributed by atoms with Crippen molar-refractivity contribution in [2.45, 2.75) is 51.2 Å². The monoisotopic (exact) mass is 168 g/mol. The predicted molar refractivity (Wildman–Crippen MR) is 50.9 cm³/mol. The van der Waals surface area contributed by atoms with E-state index in [0.29, 0.717) is 12.1 Å².